The average Bonchev–Trinajstić information content (AvgIpc) is 3.08. The van der Waals surface area contributed by atoms with Gasteiger partial charge in [-0.1, -0.05) is 59.2 Å². The molecule has 0 saturated heterocycles. The summed E-state index contributed by atoms with van der Waals surface area (Å²) in [6.45, 7) is 0. The molecule has 1 aromatic heterocycles. The molecule has 0 fully saturated rings. The van der Waals surface area contributed by atoms with Gasteiger partial charge in [-0.25, -0.2) is 0 Å². The van der Waals surface area contributed by atoms with Gasteiger partial charge in [-0.3, -0.25) is 9.36 Å². The lowest BCUT2D eigenvalue weighted by molar-refractivity contribution is -0.115. The van der Waals surface area contributed by atoms with Crippen LogP contribution in [0, 0.1) is 0 Å². The maximum absolute atomic E-state index is 12.1. The Bertz CT molecular complexity index is 850. The predicted molar refractivity (Wildman–Crippen MR) is 102 cm³/mol. The molecule has 25 heavy (non-hydrogen) atoms. The number of nitrogens with zero attached hydrogens (tertiary/aromatic N) is 3. The van der Waals surface area contributed by atoms with Gasteiger partial charge in [0.15, 0.2) is 5.16 Å². The van der Waals surface area contributed by atoms with Gasteiger partial charge >= 0.3 is 0 Å². The summed E-state index contributed by atoms with van der Waals surface area (Å²) in [6, 6.07) is 14.9. The molecule has 2 aromatic carbocycles. The Kier molecular flexibility index (Phi) is 5.96. The van der Waals surface area contributed by atoms with Crippen molar-refractivity contribution in [2.24, 2.45) is 0 Å². The van der Waals surface area contributed by atoms with E-state index >= 15 is 0 Å². The summed E-state index contributed by atoms with van der Waals surface area (Å²) in [5.74, 6) is 0.396. The van der Waals surface area contributed by atoms with E-state index < -0.39 is 0 Å². The summed E-state index contributed by atoms with van der Waals surface area (Å²) >= 11 is 13.6. The molecule has 0 saturated carbocycles. The zero-order valence-electron chi connectivity index (χ0n) is 13.0. The Morgan fingerprint density at radius 3 is 2.52 bits per heavy atom. The van der Waals surface area contributed by atoms with Crippen LogP contribution in [0.3, 0.4) is 0 Å². The molecule has 0 aliphatic carbocycles. The smallest absolute Gasteiger partial charge is 0.225 e. The number of hydrogen-bond donors (Lipinski definition) is 1. The maximum atomic E-state index is 12.1. The molecule has 0 aliphatic rings. The van der Waals surface area contributed by atoms with Gasteiger partial charge in [0.05, 0.1) is 15.7 Å². The van der Waals surface area contributed by atoms with Crippen molar-refractivity contribution in [3.63, 3.8) is 0 Å². The fourth-order valence-corrected chi connectivity index (χ4v) is 3.50. The number of benzene rings is 2. The number of rotatable bonds is 6. The largest absolute Gasteiger partial charge is 0.324 e. The van der Waals surface area contributed by atoms with Crippen molar-refractivity contribution in [2.75, 3.05) is 11.1 Å². The predicted octanol–water partition coefficient (Wildman–Crippen LogP) is 4.70. The normalized spacial score (nSPS) is 10.6. The van der Waals surface area contributed by atoms with Crippen LogP contribution in [0.1, 0.15) is 6.42 Å². The van der Waals surface area contributed by atoms with Gasteiger partial charge < -0.3 is 5.32 Å². The Hall–Kier alpha value is -2.02. The summed E-state index contributed by atoms with van der Waals surface area (Å²) in [6.07, 6.45) is 1.95. The fraction of sp³-hybridized carbons (Fsp3) is 0.118. The number of carbonyl (C=O) groups excluding carboxylic acids is 1. The molecule has 0 bridgehead atoms. The topological polar surface area (TPSA) is 59.8 Å². The second-order valence-corrected chi connectivity index (χ2v) is 6.94. The van der Waals surface area contributed by atoms with E-state index in [2.05, 4.69) is 15.5 Å². The minimum absolute atomic E-state index is 0.159. The number of amides is 1. The van der Waals surface area contributed by atoms with E-state index in [1.54, 1.807) is 24.5 Å². The molecular weight excluding hydrogens is 379 g/mol. The first-order valence-electron chi connectivity index (χ1n) is 7.47. The Labute approximate surface area is 159 Å². The van der Waals surface area contributed by atoms with Crippen LogP contribution in [0.25, 0.3) is 5.69 Å². The molecule has 0 unspecified atom stereocenters. The molecular formula is C17H14Cl2N4OS. The third-order valence-corrected chi connectivity index (χ3v) is 4.91. The summed E-state index contributed by atoms with van der Waals surface area (Å²) in [7, 11) is 0. The average molecular weight is 393 g/mol. The van der Waals surface area contributed by atoms with Gasteiger partial charge in [-0.2, -0.15) is 0 Å². The van der Waals surface area contributed by atoms with Gasteiger partial charge in [0.2, 0.25) is 5.91 Å². The molecule has 0 spiro atoms. The van der Waals surface area contributed by atoms with E-state index in [9.17, 15) is 4.79 Å². The van der Waals surface area contributed by atoms with Crippen LogP contribution in [0.15, 0.2) is 60.0 Å². The summed E-state index contributed by atoms with van der Waals surface area (Å²) in [5.41, 5.74) is 1.41. The van der Waals surface area contributed by atoms with E-state index in [1.165, 1.54) is 11.8 Å². The van der Waals surface area contributed by atoms with Crippen LogP contribution >= 0.6 is 35.0 Å². The monoisotopic (exact) mass is 392 g/mol. The lowest BCUT2D eigenvalue weighted by Crippen LogP contribution is -2.13. The molecule has 0 radical (unpaired) electrons. The highest BCUT2D eigenvalue weighted by Crippen LogP contribution is 2.30. The highest BCUT2D eigenvalue weighted by atomic mass is 35.5. The van der Waals surface area contributed by atoms with Gasteiger partial charge in [-0.05, 0) is 24.3 Å². The van der Waals surface area contributed by atoms with E-state index in [-0.39, 0.29) is 5.91 Å². The molecule has 5 nitrogen and oxygen atoms in total. The molecule has 8 heteroatoms. The highest BCUT2D eigenvalue weighted by molar-refractivity contribution is 7.99. The van der Waals surface area contributed by atoms with Crippen molar-refractivity contribution < 1.29 is 4.79 Å². The van der Waals surface area contributed by atoms with Crippen molar-refractivity contribution >= 4 is 46.6 Å². The molecule has 128 valence electrons. The standard InChI is InChI=1S/C17H14Cl2N4OS/c18-13-7-4-8-14(19)16(13)21-15(24)9-10-25-17-22-20-11-23(17)12-5-2-1-3-6-12/h1-8,11H,9-10H2,(H,21,24). The van der Waals surface area contributed by atoms with E-state index in [1.807, 2.05) is 34.9 Å². The number of nitrogens with one attached hydrogen (secondary N) is 1. The Morgan fingerprint density at radius 2 is 1.80 bits per heavy atom. The molecule has 3 rings (SSSR count). The highest BCUT2D eigenvalue weighted by Gasteiger charge is 2.11. The van der Waals surface area contributed by atoms with Crippen LogP contribution in [-0.2, 0) is 4.79 Å². The lowest BCUT2D eigenvalue weighted by Gasteiger charge is -2.09. The third-order valence-electron chi connectivity index (χ3n) is 3.34. The number of thioether (sulfide) groups is 1. The van der Waals surface area contributed by atoms with Crippen LogP contribution in [-0.4, -0.2) is 26.4 Å². The van der Waals surface area contributed by atoms with Crippen LogP contribution in [0.5, 0.6) is 0 Å². The van der Waals surface area contributed by atoms with E-state index in [0.29, 0.717) is 27.9 Å². The zero-order chi connectivity index (χ0) is 17.6. The molecule has 0 aliphatic heterocycles. The van der Waals surface area contributed by atoms with E-state index in [0.717, 1.165) is 10.8 Å². The SMILES string of the molecule is O=C(CCSc1nncn1-c1ccccc1)Nc1c(Cl)cccc1Cl. The van der Waals surface area contributed by atoms with Gasteiger partial charge in [0.25, 0.3) is 0 Å². The summed E-state index contributed by atoms with van der Waals surface area (Å²) in [4.78, 5) is 12.1. The minimum Gasteiger partial charge on any atom is -0.324 e. The van der Waals surface area contributed by atoms with Crippen molar-refractivity contribution in [1.29, 1.82) is 0 Å². The van der Waals surface area contributed by atoms with Gasteiger partial charge in [-0.15, -0.1) is 10.2 Å². The zero-order valence-corrected chi connectivity index (χ0v) is 15.4. The third kappa shape index (κ3) is 4.54. The second-order valence-electron chi connectivity index (χ2n) is 5.06. The number of halogens is 2. The molecule has 1 amide bonds. The Morgan fingerprint density at radius 1 is 1.08 bits per heavy atom. The van der Waals surface area contributed by atoms with E-state index in [4.69, 9.17) is 23.2 Å². The first-order chi connectivity index (χ1) is 12.1. The number of aromatic nitrogens is 3. The van der Waals surface area contributed by atoms with Gasteiger partial charge in [0.1, 0.15) is 6.33 Å². The van der Waals surface area contributed by atoms with Crippen molar-refractivity contribution in [3.8, 4) is 5.69 Å². The first-order valence-corrected chi connectivity index (χ1v) is 9.21. The number of hydrogen-bond acceptors (Lipinski definition) is 4. The summed E-state index contributed by atoms with van der Waals surface area (Å²) < 4.78 is 1.88. The van der Waals surface area contributed by atoms with Crippen LogP contribution in [0.4, 0.5) is 5.69 Å². The lowest BCUT2D eigenvalue weighted by atomic mass is 10.3. The van der Waals surface area contributed by atoms with Crippen LogP contribution < -0.4 is 5.32 Å². The summed E-state index contributed by atoms with van der Waals surface area (Å²) in [5, 5.41) is 12.4. The van der Waals surface area contributed by atoms with Crippen LogP contribution in [0.2, 0.25) is 10.0 Å². The van der Waals surface area contributed by atoms with Crippen molar-refractivity contribution in [3.05, 3.63) is 64.9 Å². The fourth-order valence-electron chi connectivity index (χ4n) is 2.14. The first kappa shape index (κ1) is 17.8. The maximum Gasteiger partial charge on any atom is 0.225 e. The second kappa shape index (κ2) is 8.38. The molecule has 3 aromatic rings. The van der Waals surface area contributed by atoms with Gasteiger partial charge in [0, 0.05) is 17.9 Å². The molecule has 1 heterocycles. The Balaban J connectivity index is 1.57. The van der Waals surface area contributed by atoms with Crippen molar-refractivity contribution in [1.82, 2.24) is 14.8 Å². The number of carbonyl (C=O) groups is 1. The van der Waals surface area contributed by atoms with Crippen molar-refractivity contribution in [2.45, 2.75) is 11.6 Å². The number of para-hydroxylation sites is 2. The number of anilines is 1. The molecule has 1 N–H and O–H groups in total. The minimum atomic E-state index is -0.159. The quantitative estimate of drug-likeness (QED) is 0.617. The molecule has 0 atom stereocenters.